The van der Waals surface area contributed by atoms with Crippen molar-refractivity contribution in [2.24, 2.45) is 5.92 Å². The largest absolute Gasteiger partial charge is 0.380 e. The quantitative estimate of drug-likeness (QED) is 0.862. The Hall–Kier alpha value is -0.120. The van der Waals surface area contributed by atoms with Crippen LogP contribution >= 0.6 is 0 Å². The summed E-state index contributed by atoms with van der Waals surface area (Å²) in [6, 6.07) is 0.745. The lowest BCUT2D eigenvalue weighted by Crippen LogP contribution is -2.65. The molecule has 3 aliphatic rings. The number of hydrogen-bond acceptors (Lipinski definition) is 3. The summed E-state index contributed by atoms with van der Waals surface area (Å²) in [5.41, 5.74) is 0.429. The molecule has 1 saturated heterocycles. The molecule has 0 radical (unpaired) electrons. The van der Waals surface area contributed by atoms with Crippen molar-refractivity contribution in [3.05, 3.63) is 0 Å². The van der Waals surface area contributed by atoms with Crippen LogP contribution in [0.5, 0.6) is 0 Å². The van der Waals surface area contributed by atoms with Crippen molar-refractivity contribution in [1.29, 1.82) is 0 Å². The summed E-state index contributed by atoms with van der Waals surface area (Å²) in [5, 5.41) is 3.98. The Kier molecular flexibility index (Phi) is 5.23. The van der Waals surface area contributed by atoms with Gasteiger partial charge in [0.25, 0.3) is 0 Å². The van der Waals surface area contributed by atoms with Crippen LogP contribution in [0.15, 0.2) is 0 Å². The Morgan fingerprint density at radius 3 is 2.52 bits per heavy atom. The molecular weight excluding hydrogens is 260 g/mol. The van der Waals surface area contributed by atoms with Gasteiger partial charge in [0.05, 0.1) is 6.10 Å². The predicted octanol–water partition coefficient (Wildman–Crippen LogP) is 3.19. The summed E-state index contributed by atoms with van der Waals surface area (Å²) in [4.78, 5) is 2.80. The van der Waals surface area contributed by atoms with E-state index in [4.69, 9.17) is 4.74 Å². The van der Waals surface area contributed by atoms with E-state index in [1.807, 2.05) is 7.11 Å². The minimum absolute atomic E-state index is 0.354. The molecule has 1 N–H and O–H groups in total. The fourth-order valence-corrected chi connectivity index (χ4v) is 4.99. The molecule has 1 spiro atoms. The lowest BCUT2D eigenvalue weighted by molar-refractivity contribution is -0.00295. The molecule has 0 bridgehead atoms. The van der Waals surface area contributed by atoms with Crippen LogP contribution in [0.3, 0.4) is 0 Å². The van der Waals surface area contributed by atoms with Crippen LogP contribution in [0.2, 0.25) is 0 Å². The van der Waals surface area contributed by atoms with Crippen LogP contribution in [0, 0.1) is 5.92 Å². The normalized spacial score (nSPS) is 32.6. The first-order valence-electron chi connectivity index (χ1n) is 9.24. The molecule has 2 atom stereocenters. The Balaban J connectivity index is 1.68. The van der Waals surface area contributed by atoms with Crippen molar-refractivity contribution >= 4 is 0 Å². The van der Waals surface area contributed by atoms with Crippen molar-refractivity contribution in [3.63, 3.8) is 0 Å². The van der Waals surface area contributed by atoms with E-state index in [9.17, 15) is 0 Å². The number of methoxy groups -OCH3 is 1. The third-order valence-electron chi connectivity index (χ3n) is 6.31. The second-order valence-electron chi connectivity index (χ2n) is 7.81. The lowest BCUT2D eigenvalue weighted by atomic mass is 9.80. The highest BCUT2D eigenvalue weighted by Crippen LogP contribution is 2.37. The van der Waals surface area contributed by atoms with Crippen molar-refractivity contribution in [3.8, 4) is 0 Å². The van der Waals surface area contributed by atoms with Crippen LogP contribution in [0.1, 0.15) is 64.7 Å². The van der Waals surface area contributed by atoms with E-state index in [1.54, 1.807) is 0 Å². The first-order chi connectivity index (χ1) is 10.2. The van der Waals surface area contributed by atoms with Gasteiger partial charge >= 0.3 is 0 Å². The summed E-state index contributed by atoms with van der Waals surface area (Å²) in [6.07, 6.45) is 13.2. The topological polar surface area (TPSA) is 24.5 Å². The zero-order valence-electron chi connectivity index (χ0n) is 14.1. The molecule has 1 aliphatic heterocycles. The first kappa shape index (κ1) is 15.8. The van der Waals surface area contributed by atoms with Gasteiger partial charge in [0.15, 0.2) is 0 Å². The van der Waals surface area contributed by atoms with Crippen molar-refractivity contribution in [1.82, 2.24) is 10.2 Å². The third-order valence-corrected chi connectivity index (χ3v) is 6.31. The average molecular weight is 294 g/mol. The molecule has 21 heavy (non-hydrogen) atoms. The van der Waals surface area contributed by atoms with Crippen LogP contribution in [0.4, 0.5) is 0 Å². The Morgan fingerprint density at radius 1 is 1.14 bits per heavy atom. The van der Waals surface area contributed by atoms with Crippen LogP contribution in [-0.4, -0.2) is 49.3 Å². The molecule has 3 heteroatoms. The third kappa shape index (κ3) is 3.62. The molecule has 2 saturated carbocycles. The smallest absolute Gasteiger partial charge is 0.0670 e. The SMILES string of the molecule is COC(C)CN1CC2(CCCC2)NCC1C1CCCCC1. The van der Waals surface area contributed by atoms with Gasteiger partial charge in [0, 0.05) is 38.3 Å². The van der Waals surface area contributed by atoms with Gasteiger partial charge < -0.3 is 10.1 Å². The monoisotopic (exact) mass is 294 g/mol. The number of nitrogens with one attached hydrogen (secondary N) is 1. The van der Waals surface area contributed by atoms with Gasteiger partial charge in [-0.05, 0) is 38.5 Å². The van der Waals surface area contributed by atoms with E-state index < -0.39 is 0 Å². The molecule has 122 valence electrons. The van der Waals surface area contributed by atoms with Gasteiger partial charge in [0.2, 0.25) is 0 Å². The van der Waals surface area contributed by atoms with Gasteiger partial charge in [-0.25, -0.2) is 0 Å². The second-order valence-corrected chi connectivity index (χ2v) is 7.81. The van der Waals surface area contributed by atoms with Gasteiger partial charge in [-0.2, -0.15) is 0 Å². The Bertz CT molecular complexity index is 321. The van der Waals surface area contributed by atoms with Crippen LogP contribution in [-0.2, 0) is 4.74 Å². The Morgan fingerprint density at radius 2 is 1.86 bits per heavy atom. The molecule has 2 aliphatic carbocycles. The highest BCUT2D eigenvalue weighted by atomic mass is 16.5. The summed E-state index contributed by atoms with van der Waals surface area (Å²) < 4.78 is 5.58. The minimum Gasteiger partial charge on any atom is -0.380 e. The molecule has 0 aromatic carbocycles. The highest BCUT2D eigenvalue weighted by Gasteiger charge is 2.43. The number of ether oxygens (including phenoxy) is 1. The fourth-order valence-electron chi connectivity index (χ4n) is 4.99. The predicted molar refractivity (Wildman–Crippen MR) is 87.6 cm³/mol. The van der Waals surface area contributed by atoms with Gasteiger partial charge in [-0.3, -0.25) is 4.90 Å². The molecule has 0 aromatic heterocycles. The maximum absolute atomic E-state index is 5.58. The molecule has 1 heterocycles. The number of rotatable bonds is 4. The van der Waals surface area contributed by atoms with E-state index in [0.29, 0.717) is 11.6 Å². The average Bonchev–Trinajstić information content (AvgIpc) is 2.96. The molecular formula is C18H34N2O. The van der Waals surface area contributed by atoms with Crippen LogP contribution < -0.4 is 5.32 Å². The zero-order valence-corrected chi connectivity index (χ0v) is 14.1. The highest BCUT2D eigenvalue weighted by molar-refractivity contribution is 5.02. The summed E-state index contributed by atoms with van der Waals surface area (Å²) in [7, 11) is 1.85. The van der Waals surface area contributed by atoms with E-state index in [0.717, 1.165) is 18.5 Å². The van der Waals surface area contributed by atoms with Crippen LogP contribution in [0.25, 0.3) is 0 Å². The molecule has 0 amide bonds. The first-order valence-corrected chi connectivity index (χ1v) is 9.24. The lowest BCUT2D eigenvalue weighted by Gasteiger charge is -2.50. The molecule has 0 aromatic rings. The van der Waals surface area contributed by atoms with E-state index >= 15 is 0 Å². The maximum atomic E-state index is 5.58. The summed E-state index contributed by atoms with van der Waals surface area (Å²) in [6.45, 7) is 5.80. The van der Waals surface area contributed by atoms with E-state index in [1.165, 1.54) is 70.9 Å². The maximum Gasteiger partial charge on any atom is 0.0670 e. The zero-order chi connectivity index (χ0) is 14.7. The minimum atomic E-state index is 0.354. The number of hydrogen-bond donors (Lipinski definition) is 1. The summed E-state index contributed by atoms with van der Waals surface area (Å²) >= 11 is 0. The molecule has 3 rings (SSSR count). The van der Waals surface area contributed by atoms with E-state index in [2.05, 4.69) is 17.1 Å². The van der Waals surface area contributed by atoms with Gasteiger partial charge in [-0.15, -0.1) is 0 Å². The number of nitrogens with zero attached hydrogens (tertiary/aromatic N) is 1. The molecule has 3 nitrogen and oxygen atoms in total. The van der Waals surface area contributed by atoms with Gasteiger partial charge in [0.1, 0.15) is 0 Å². The van der Waals surface area contributed by atoms with E-state index in [-0.39, 0.29) is 0 Å². The van der Waals surface area contributed by atoms with Crippen molar-refractivity contribution < 1.29 is 4.74 Å². The second kappa shape index (κ2) is 6.97. The van der Waals surface area contributed by atoms with Crippen molar-refractivity contribution in [2.45, 2.75) is 82.4 Å². The fraction of sp³-hybridized carbons (Fsp3) is 1.00. The Labute approximate surface area is 130 Å². The van der Waals surface area contributed by atoms with Gasteiger partial charge in [-0.1, -0.05) is 32.1 Å². The summed E-state index contributed by atoms with van der Waals surface area (Å²) in [5.74, 6) is 0.911. The molecule has 2 unspecified atom stereocenters. The molecule has 3 fully saturated rings. The standard InChI is InChI=1S/C18H34N2O/c1-15(21-2)13-20-14-18(10-6-7-11-18)19-12-17(20)16-8-4-3-5-9-16/h15-17,19H,3-14H2,1-2H3. The van der Waals surface area contributed by atoms with Crippen molar-refractivity contribution in [2.75, 3.05) is 26.7 Å². The number of piperazine rings is 1.